The highest BCUT2D eigenvalue weighted by molar-refractivity contribution is 7.89. The summed E-state index contributed by atoms with van der Waals surface area (Å²) in [7, 11) is -2.58. The zero-order valence-corrected chi connectivity index (χ0v) is 15.9. The first-order valence-corrected chi connectivity index (χ1v) is 9.88. The van der Waals surface area contributed by atoms with E-state index in [0.717, 1.165) is 11.8 Å². The van der Waals surface area contributed by atoms with E-state index in [1.165, 1.54) is 19.2 Å². The molecule has 27 heavy (non-hydrogen) atoms. The highest BCUT2D eigenvalue weighted by atomic mass is 32.2. The first-order valence-electron chi connectivity index (χ1n) is 8.39. The molecule has 1 aliphatic rings. The number of hydrogen-bond donors (Lipinski definition) is 1. The number of sulfonamides is 1. The van der Waals surface area contributed by atoms with E-state index >= 15 is 0 Å². The molecule has 1 N–H and O–H groups in total. The molecule has 1 saturated heterocycles. The minimum atomic E-state index is -3.90. The molecule has 0 spiro atoms. The lowest BCUT2D eigenvalue weighted by Gasteiger charge is -2.27. The lowest BCUT2D eigenvalue weighted by molar-refractivity contribution is 0.122. The van der Waals surface area contributed by atoms with Crippen molar-refractivity contribution in [3.8, 4) is 5.75 Å². The molecule has 1 aromatic heterocycles. The molecule has 8 nitrogen and oxygen atoms in total. The SMILES string of the molecule is COc1ccc(S(=O)(=O)NCc2cc(C)nc(N3CCOCC3)n2)cc1F. The van der Waals surface area contributed by atoms with Gasteiger partial charge in [0.25, 0.3) is 0 Å². The summed E-state index contributed by atoms with van der Waals surface area (Å²) in [6.45, 7) is 4.35. The minimum absolute atomic E-state index is 0.0180. The number of nitrogens with zero attached hydrogens (tertiary/aromatic N) is 3. The number of aromatic nitrogens is 2. The molecule has 1 fully saturated rings. The van der Waals surface area contributed by atoms with Crippen molar-refractivity contribution < 1.29 is 22.3 Å². The van der Waals surface area contributed by atoms with Gasteiger partial charge in [0.2, 0.25) is 16.0 Å². The molecule has 1 aliphatic heterocycles. The molecule has 0 atom stereocenters. The zero-order valence-electron chi connectivity index (χ0n) is 15.1. The van der Waals surface area contributed by atoms with Crippen molar-refractivity contribution in [3.63, 3.8) is 0 Å². The average molecular weight is 396 g/mol. The summed E-state index contributed by atoms with van der Waals surface area (Å²) in [5.41, 5.74) is 1.26. The molecule has 1 aromatic carbocycles. The van der Waals surface area contributed by atoms with Gasteiger partial charge in [0.1, 0.15) is 0 Å². The molecule has 0 saturated carbocycles. The largest absolute Gasteiger partial charge is 0.494 e. The van der Waals surface area contributed by atoms with E-state index in [2.05, 4.69) is 14.7 Å². The van der Waals surface area contributed by atoms with Crippen LogP contribution in [-0.4, -0.2) is 51.8 Å². The normalized spacial score (nSPS) is 15.0. The van der Waals surface area contributed by atoms with Crippen molar-refractivity contribution >= 4 is 16.0 Å². The fourth-order valence-corrected chi connectivity index (χ4v) is 3.69. The first kappa shape index (κ1) is 19.5. The van der Waals surface area contributed by atoms with Crippen LogP contribution in [0.3, 0.4) is 0 Å². The molecule has 3 rings (SSSR count). The Kier molecular flexibility index (Phi) is 5.88. The highest BCUT2D eigenvalue weighted by Gasteiger charge is 2.18. The number of anilines is 1. The van der Waals surface area contributed by atoms with Crippen LogP contribution in [0.2, 0.25) is 0 Å². The van der Waals surface area contributed by atoms with Crippen LogP contribution in [0.15, 0.2) is 29.2 Å². The third-order valence-corrected chi connectivity index (χ3v) is 5.47. The van der Waals surface area contributed by atoms with E-state index in [9.17, 15) is 12.8 Å². The number of aryl methyl sites for hydroxylation is 1. The van der Waals surface area contributed by atoms with E-state index in [4.69, 9.17) is 9.47 Å². The molecule has 0 unspecified atom stereocenters. The van der Waals surface area contributed by atoms with E-state index in [1.54, 1.807) is 6.07 Å². The first-order chi connectivity index (χ1) is 12.9. The van der Waals surface area contributed by atoms with Crippen molar-refractivity contribution in [1.82, 2.24) is 14.7 Å². The smallest absolute Gasteiger partial charge is 0.241 e. The van der Waals surface area contributed by atoms with Gasteiger partial charge in [0.15, 0.2) is 11.6 Å². The number of benzene rings is 1. The molecular formula is C17H21FN4O4S. The van der Waals surface area contributed by atoms with Crippen LogP contribution < -0.4 is 14.4 Å². The Balaban J connectivity index is 1.75. The summed E-state index contributed by atoms with van der Waals surface area (Å²) in [6, 6.07) is 5.19. The Hall–Kier alpha value is -2.30. The number of nitrogens with one attached hydrogen (secondary N) is 1. The summed E-state index contributed by atoms with van der Waals surface area (Å²) >= 11 is 0. The number of rotatable bonds is 6. The number of morpholine rings is 1. The maximum absolute atomic E-state index is 13.8. The van der Waals surface area contributed by atoms with Gasteiger partial charge in [-0.1, -0.05) is 0 Å². The van der Waals surface area contributed by atoms with E-state index in [0.29, 0.717) is 37.9 Å². The van der Waals surface area contributed by atoms with Crippen molar-refractivity contribution in [2.24, 2.45) is 0 Å². The molecular weight excluding hydrogens is 375 g/mol. The molecule has 0 radical (unpaired) electrons. The average Bonchev–Trinajstić information content (AvgIpc) is 2.67. The Labute approximate surface area is 157 Å². The molecule has 2 aromatic rings. The number of hydrogen-bond acceptors (Lipinski definition) is 7. The van der Waals surface area contributed by atoms with Crippen molar-refractivity contribution in [2.45, 2.75) is 18.4 Å². The van der Waals surface area contributed by atoms with Gasteiger partial charge in [-0.15, -0.1) is 0 Å². The molecule has 0 aliphatic carbocycles. The van der Waals surface area contributed by atoms with Gasteiger partial charge in [-0.05, 0) is 31.2 Å². The monoisotopic (exact) mass is 396 g/mol. The van der Waals surface area contributed by atoms with Gasteiger partial charge >= 0.3 is 0 Å². The third kappa shape index (κ3) is 4.71. The molecule has 10 heteroatoms. The second-order valence-corrected chi connectivity index (χ2v) is 7.79. The zero-order chi connectivity index (χ0) is 19.4. The number of methoxy groups -OCH3 is 1. The van der Waals surface area contributed by atoms with Crippen LogP contribution in [-0.2, 0) is 21.3 Å². The molecule has 0 amide bonds. The summed E-state index contributed by atoms with van der Waals surface area (Å²) in [5, 5.41) is 0. The van der Waals surface area contributed by atoms with E-state index in [1.807, 2.05) is 11.8 Å². The van der Waals surface area contributed by atoms with Gasteiger partial charge in [0.05, 0.1) is 37.5 Å². The molecule has 0 bridgehead atoms. The minimum Gasteiger partial charge on any atom is -0.494 e. The summed E-state index contributed by atoms with van der Waals surface area (Å²) < 4.78 is 51.3. The Morgan fingerprint density at radius 2 is 2.00 bits per heavy atom. The van der Waals surface area contributed by atoms with Crippen LogP contribution in [0.25, 0.3) is 0 Å². The molecule has 2 heterocycles. The van der Waals surface area contributed by atoms with Gasteiger partial charge in [-0.2, -0.15) is 0 Å². The predicted octanol–water partition coefficient (Wildman–Crippen LogP) is 1.25. The van der Waals surface area contributed by atoms with Gasteiger partial charge in [-0.3, -0.25) is 0 Å². The second-order valence-electron chi connectivity index (χ2n) is 6.02. The third-order valence-electron chi connectivity index (χ3n) is 4.07. The standard InChI is InChI=1S/C17H21FN4O4S/c1-12-9-13(21-17(20-12)22-5-7-26-8-6-22)11-19-27(23,24)14-3-4-16(25-2)15(18)10-14/h3-4,9-10,19H,5-8,11H2,1-2H3. The van der Waals surface area contributed by atoms with Crippen LogP contribution in [0.5, 0.6) is 5.75 Å². The Morgan fingerprint density at radius 3 is 2.67 bits per heavy atom. The van der Waals surface area contributed by atoms with E-state index < -0.39 is 15.8 Å². The molecule has 146 valence electrons. The summed E-state index contributed by atoms with van der Waals surface area (Å²) in [4.78, 5) is 10.7. The number of halogens is 1. The van der Waals surface area contributed by atoms with Crippen molar-refractivity contribution in [1.29, 1.82) is 0 Å². The van der Waals surface area contributed by atoms with Crippen LogP contribution in [0.4, 0.5) is 10.3 Å². The quantitative estimate of drug-likeness (QED) is 0.785. The Morgan fingerprint density at radius 1 is 1.26 bits per heavy atom. The van der Waals surface area contributed by atoms with Crippen LogP contribution in [0.1, 0.15) is 11.4 Å². The van der Waals surface area contributed by atoms with Crippen LogP contribution >= 0.6 is 0 Å². The maximum Gasteiger partial charge on any atom is 0.241 e. The fraction of sp³-hybridized carbons (Fsp3) is 0.412. The summed E-state index contributed by atoms with van der Waals surface area (Å²) in [6.07, 6.45) is 0. The topological polar surface area (TPSA) is 93.7 Å². The van der Waals surface area contributed by atoms with Gasteiger partial charge in [-0.25, -0.2) is 27.5 Å². The highest BCUT2D eigenvalue weighted by Crippen LogP contribution is 2.21. The fourth-order valence-electron chi connectivity index (χ4n) is 2.68. The summed E-state index contributed by atoms with van der Waals surface area (Å²) in [5.74, 6) is -0.216. The Bertz CT molecular complexity index is 917. The van der Waals surface area contributed by atoms with Crippen LogP contribution in [0, 0.1) is 12.7 Å². The second kappa shape index (κ2) is 8.15. The number of ether oxygens (including phenoxy) is 2. The lowest BCUT2D eigenvalue weighted by Crippen LogP contribution is -2.37. The van der Waals surface area contributed by atoms with Crippen molar-refractivity contribution in [2.75, 3.05) is 38.3 Å². The maximum atomic E-state index is 13.8. The predicted molar refractivity (Wildman–Crippen MR) is 96.8 cm³/mol. The van der Waals surface area contributed by atoms with Gasteiger partial charge in [0, 0.05) is 18.8 Å². The lowest BCUT2D eigenvalue weighted by atomic mass is 10.3. The van der Waals surface area contributed by atoms with Crippen molar-refractivity contribution in [3.05, 3.63) is 41.5 Å². The van der Waals surface area contributed by atoms with Gasteiger partial charge < -0.3 is 14.4 Å². The van der Waals surface area contributed by atoms with E-state index in [-0.39, 0.29) is 17.2 Å².